The van der Waals surface area contributed by atoms with E-state index < -0.39 is 0 Å². The van der Waals surface area contributed by atoms with Crippen LogP contribution in [0.3, 0.4) is 0 Å². The van der Waals surface area contributed by atoms with E-state index in [0.717, 1.165) is 26.2 Å². The zero-order valence-electron chi connectivity index (χ0n) is 16.2. The Balaban J connectivity index is 1.94. The van der Waals surface area contributed by atoms with Gasteiger partial charge in [0.2, 0.25) is 5.91 Å². The summed E-state index contributed by atoms with van der Waals surface area (Å²) in [6, 6.07) is 12.9. The quantitative estimate of drug-likeness (QED) is 0.739. The van der Waals surface area contributed by atoms with Gasteiger partial charge >= 0.3 is 0 Å². The standard InChI is InChI=1S/C21H29N3OS/c1-5-23(6-2)13-14-24-20(25)15-26-21(24)18-11-12-19(22(3)4)17-10-8-7-9-16(17)18/h7-12,21H,5-6,13-15H2,1-4H3. The van der Waals surface area contributed by atoms with Crippen LogP contribution in [0.15, 0.2) is 36.4 Å². The SMILES string of the molecule is CCN(CC)CCN1C(=O)CSC1c1ccc(N(C)C)c2ccccc12. The predicted octanol–water partition coefficient (Wildman–Crippen LogP) is 3.82. The van der Waals surface area contributed by atoms with Gasteiger partial charge in [-0.25, -0.2) is 0 Å². The fourth-order valence-electron chi connectivity index (χ4n) is 3.65. The summed E-state index contributed by atoms with van der Waals surface area (Å²) in [5.74, 6) is 0.833. The molecule has 4 nitrogen and oxygen atoms in total. The number of carbonyl (C=O) groups excluding carboxylic acids is 1. The summed E-state index contributed by atoms with van der Waals surface area (Å²) in [6.07, 6.45) is 0. The fourth-order valence-corrected chi connectivity index (χ4v) is 4.91. The van der Waals surface area contributed by atoms with E-state index in [-0.39, 0.29) is 11.3 Å². The summed E-state index contributed by atoms with van der Waals surface area (Å²) in [4.78, 5) is 19.1. The van der Waals surface area contributed by atoms with E-state index >= 15 is 0 Å². The summed E-state index contributed by atoms with van der Waals surface area (Å²) in [7, 11) is 4.15. The minimum Gasteiger partial charge on any atom is -0.377 e. The van der Waals surface area contributed by atoms with Gasteiger partial charge in [0, 0.05) is 38.3 Å². The minimum absolute atomic E-state index is 0.110. The number of rotatable bonds is 7. The molecule has 2 aromatic carbocycles. The number of nitrogens with zero attached hydrogens (tertiary/aromatic N) is 3. The zero-order chi connectivity index (χ0) is 18.7. The maximum absolute atomic E-state index is 12.5. The summed E-state index contributed by atoms with van der Waals surface area (Å²) >= 11 is 1.75. The molecular formula is C21H29N3OS. The van der Waals surface area contributed by atoms with E-state index in [0.29, 0.717) is 5.75 Å². The van der Waals surface area contributed by atoms with Crippen LogP contribution in [-0.4, -0.2) is 61.7 Å². The smallest absolute Gasteiger partial charge is 0.233 e. The van der Waals surface area contributed by atoms with Gasteiger partial charge in [0.15, 0.2) is 0 Å². The largest absolute Gasteiger partial charge is 0.377 e. The Morgan fingerprint density at radius 2 is 1.77 bits per heavy atom. The van der Waals surface area contributed by atoms with Crippen molar-refractivity contribution in [2.45, 2.75) is 19.2 Å². The number of benzene rings is 2. The summed E-state index contributed by atoms with van der Waals surface area (Å²) < 4.78 is 0. The lowest BCUT2D eigenvalue weighted by atomic mass is 10.0. The predicted molar refractivity (Wildman–Crippen MR) is 113 cm³/mol. The molecule has 5 heteroatoms. The van der Waals surface area contributed by atoms with Crippen LogP contribution in [0.1, 0.15) is 24.8 Å². The Morgan fingerprint density at radius 3 is 2.42 bits per heavy atom. The Hall–Kier alpha value is -1.72. The van der Waals surface area contributed by atoms with E-state index in [2.05, 4.69) is 79.0 Å². The van der Waals surface area contributed by atoms with Crippen molar-refractivity contribution in [1.29, 1.82) is 0 Å². The third kappa shape index (κ3) is 3.69. The van der Waals surface area contributed by atoms with Crippen molar-refractivity contribution in [3.05, 3.63) is 42.0 Å². The molecule has 0 aromatic heterocycles. The second kappa shape index (κ2) is 8.31. The lowest BCUT2D eigenvalue weighted by Gasteiger charge is -2.29. The molecule has 140 valence electrons. The molecule has 0 spiro atoms. The third-order valence-electron chi connectivity index (χ3n) is 5.20. The van der Waals surface area contributed by atoms with Crippen molar-refractivity contribution >= 4 is 34.1 Å². The number of fused-ring (bicyclic) bond motifs is 1. The van der Waals surface area contributed by atoms with Gasteiger partial charge in [-0.2, -0.15) is 0 Å². The number of anilines is 1. The van der Waals surface area contributed by atoms with Crippen LogP contribution in [0.25, 0.3) is 10.8 Å². The second-order valence-corrected chi connectivity index (χ2v) is 7.96. The average molecular weight is 372 g/mol. The highest BCUT2D eigenvalue weighted by molar-refractivity contribution is 8.00. The Bertz CT molecular complexity index is 773. The van der Waals surface area contributed by atoms with Gasteiger partial charge in [-0.15, -0.1) is 11.8 Å². The number of carbonyl (C=O) groups is 1. The minimum atomic E-state index is 0.110. The zero-order valence-corrected chi connectivity index (χ0v) is 17.1. The van der Waals surface area contributed by atoms with Gasteiger partial charge in [0.25, 0.3) is 0 Å². The molecule has 1 fully saturated rings. The van der Waals surface area contributed by atoms with E-state index in [4.69, 9.17) is 0 Å². The lowest BCUT2D eigenvalue weighted by molar-refractivity contribution is -0.128. The molecule has 1 amide bonds. The van der Waals surface area contributed by atoms with E-state index in [1.165, 1.54) is 22.0 Å². The van der Waals surface area contributed by atoms with E-state index in [9.17, 15) is 4.79 Å². The molecule has 0 bridgehead atoms. The molecule has 0 saturated carbocycles. The highest BCUT2D eigenvalue weighted by Crippen LogP contribution is 2.42. The van der Waals surface area contributed by atoms with Crippen LogP contribution in [0.4, 0.5) is 5.69 Å². The highest BCUT2D eigenvalue weighted by atomic mass is 32.2. The van der Waals surface area contributed by atoms with Gasteiger partial charge in [-0.1, -0.05) is 44.2 Å². The molecular weight excluding hydrogens is 342 g/mol. The van der Waals surface area contributed by atoms with Gasteiger partial charge < -0.3 is 14.7 Å². The first-order valence-electron chi connectivity index (χ1n) is 9.39. The van der Waals surface area contributed by atoms with Gasteiger partial charge in [0.05, 0.1) is 5.75 Å². The Kier molecular flexibility index (Phi) is 6.09. The normalized spacial score (nSPS) is 17.5. The van der Waals surface area contributed by atoms with E-state index in [1.807, 2.05) is 0 Å². The molecule has 1 heterocycles. The van der Waals surface area contributed by atoms with Crippen molar-refractivity contribution in [3.8, 4) is 0 Å². The van der Waals surface area contributed by atoms with Crippen molar-refractivity contribution in [2.24, 2.45) is 0 Å². The van der Waals surface area contributed by atoms with Crippen molar-refractivity contribution in [2.75, 3.05) is 50.9 Å². The first-order chi connectivity index (χ1) is 12.6. The molecule has 26 heavy (non-hydrogen) atoms. The molecule has 1 aliphatic heterocycles. The molecule has 1 aliphatic rings. The van der Waals surface area contributed by atoms with Crippen molar-refractivity contribution in [3.63, 3.8) is 0 Å². The van der Waals surface area contributed by atoms with Crippen molar-refractivity contribution in [1.82, 2.24) is 9.80 Å². The number of likely N-dealkylation sites (N-methyl/N-ethyl adjacent to an activating group) is 1. The maximum Gasteiger partial charge on any atom is 0.233 e. The van der Waals surface area contributed by atoms with Crippen LogP contribution in [-0.2, 0) is 4.79 Å². The lowest BCUT2D eigenvalue weighted by Crippen LogP contribution is -2.37. The molecule has 1 atom stereocenters. The van der Waals surface area contributed by atoms with Crippen LogP contribution >= 0.6 is 11.8 Å². The van der Waals surface area contributed by atoms with Crippen LogP contribution < -0.4 is 4.90 Å². The monoisotopic (exact) mass is 371 g/mol. The average Bonchev–Trinajstić information content (AvgIpc) is 3.02. The number of hydrogen-bond acceptors (Lipinski definition) is 4. The Morgan fingerprint density at radius 1 is 1.08 bits per heavy atom. The summed E-state index contributed by atoms with van der Waals surface area (Å²) in [5.41, 5.74) is 2.47. The van der Waals surface area contributed by atoms with Crippen molar-refractivity contribution < 1.29 is 4.79 Å². The highest BCUT2D eigenvalue weighted by Gasteiger charge is 2.33. The van der Waals surface area contributed by atoms with Gasteiger partial charge in [-0.3, -0.25) is 4.79 Å². The van der Waals surface area contributed by atoms with Crippen LogP contribution in [0.5, 0.6) is 0 Å². The number of hydrogen-bond donors (Lipinski definition) is 0. The molecule has 0 radical (unpaired) electrons. The van der Waals surface area contributed by atoms with Crippen LogP contribution in [0.2, 0.25) is 0 Å². The van der Waals surface area contributed by atoms with Gasteiger partial charge in [0.1, 0.15) is 5.37 Å². The third-order valence-corrected chi connectivity index (χ3v) is 6.44. The van der Waals surface area contributed by atoms with E-state index in [1.54, 1.807) is 11.8 Å². The molecule has 3 rings (SSSR count). The summed E-state index contributed by atoms with van der Waals surface area (Å²) in [5, 5.41) is 2.61. The molecule has 1 unspecified atom stereocenters. The van der Waals surface area contributed by atoms with Gasteiger partial charge in [-0.05, 0) is 30.1 Å². The number of thioether (sulfide) groups is 1. The first-order valence-corrected chi connectivity index (χ1v) is 10.4. The molecule has 1 saturated heterocycles. The topological polar surface area (TPSA) is 26.8 Å². The number of amides is 1. The fraction of sp³-hybridized carbons (Fsp3) is 0.476. The molecule has 0 N–H and O–H groups in total. The Labute approximate surface area is 161 Å². The first kappa shape index (κ1) is 19.1. The molecule has 2 aromatic rings. The summed E-state index contributed by atoms with van der Waals surface area (Å²) in [6.45, 7) is 8.13. The maximum atomic E-state index is 12.5. The second-order valence-electron chi connectivity index (χ2n) is 6.89. The molecule has 0 aliphatic carbocycles. The van der Waals surface area contributed by atoms with Crippen LogP contribution in [0, 0.1) is 0 Å².